The van der Waals surface area contributed by atoms with Crippen molar-refractivity contribution >= 4 is 22.0 Å². The second-order valence-electron chi connectivity index (χ2n) is 5.16. The highest BCUT2D eigenvalue weighted by Crippen LogP contribution is 2.17. The summed E-state index contributed by atoms with van der Waals surface area (Å²) >= 11 is 0. The van der Waals surface area contributed by atoms with Gasteiger partial charge in [-0.25, -0.2) is 4.79 Å². The standard InChI is InChI=1S/C13H19N3O4S/c1-10-4-3-5-12(8-10)14-21(19,20)15-6-7-16(13(17)18)11(2)9-15/h3-5,8,11,14H,6-7,9H2,1-2H3,(H,17,18)/t11-/m1/s1. The van der Waals surface area contributed by atoms with Crippen molar-refractivity contribution in [3.63, 3.8) is 0 Å². The van der Waals surface area contributed by atoms with Crippen molar-refractivity contribution < 1.29 is 18.3 Å². The molecule has 2 N–H and O–H groups in total. The SMILES string of the molecule is Cc1cccc(NS(=O)(=O)N2CCN(C(=O)O)[C@H](C)C2)c1. The minimum atomic E-state index is -3.67. The lowest BCUT2D eigenvalue weighted by Gasteiger charge is -2.37. The maximum absolute atomic E-state index is 12.3. The summed E-state index contributed by atoms with van der Waals surface area (Å²) in [5.41, 5.74) is 1.46. The maximum atomic E-state index is 12.3. The number of amides is 1. The second kappa shape index (κ2) is 5.90. The fourth-order valence-electron chi connectivity index (χ4n) is 2.35. The van der Waals surface area contributed by atoms with E-state index in [1.54, 1.807) is 25.1 Å². The van der Waals surface area contributed by atoms with Gasteiger partial charge in [-0.3, -0.25) is 4.72 Å². The minimum Gasteiger partial charge on any atom is -0.465 e. The Morgan fingerprint density at radius 1 is 1.38 bits per heavy atom. The summed E-state index contributed by atoms with van der Waals surface area (Å²) in [6.07, 6.45) is -1.02. The van der Waals surface area contributed by atoms with Gasteiger partial charge in [0.25, 0.3) is 0 Å². The molecule has 1 saturated heterocycles. The lowest BCUT2D eigenvalue weighted by Crippen LogP contribution is -2.56. The predicted octanol–water partition coefficient (Wildman–Crippen LogP) is 1.34. The zero-order chi connectivity index (χ0) is 15.6. The third kappa shape index (κ3) is 3.64. The summed E-state index contributed by atoms with van der Waals surface area (Å²) in [7, 11) is -3.67. The fourth-order valence-corrected chi connectivity index (χ4v) is 3.64. The Labute approximate surface area is 124 Å². The summed E-state index contributed by atoms with van der Waals surface area (Å²) in [6.45, 7) is 4.05. The highest BCUT2D eigenvalue weighted by atomic mass is 32.2. The van der Waals surface area contributed by atoms with Gasteiger partial charge in [-0.1, -0.05) is 12.1 Å². The van der Waals surface area contributed by atoms with E-state index in [0.29, 0.717) is 5.69 Å². The Hall–Kier alpha value is -1.80. The lowest BCUT2D eigenvalue weighted by atomic mass is 10.2. The predicted molar refractivity (Wildman–Crippen MR) is 79.5 cm³/mol. The fraction of sp³-hybridized carbons (Fsp3) is 0.462. The van der Waals surface area contributed by atoms with Crippen LogP contribution in [0.5, 0.6) is 0 Å². The molecule has 0 spiro atoms. The van der Waals surface area contributed by atoms with Crippen LogP contribution in [0.15, 0.2) is 24.3 Å². The smallest absolute Gasteiger partial charge is 0.407 e. The Kier molecular flexibility index (Phi) is 4.38. The maximum Gasteiger partial charge on any atom is 0.407 e. The summed E-state index contributed by atoms with van der Waals surface area (Å²) in [6, 6.07) is 6.71. The molecule has 0 aliphatic carbocycles. The number of piperazine rings is 1. The largest absolute Gasteiger partial charge is 0.465 e. The molecular weight excluding hydrogens is 294 g/mol. The molecule has 116 valence electrons. The van der Waals surface area contributed by atoms with Crippen molar-refractivity contribution in [1.82, 2.24) is 9.21 Å². The number of rotatable bonds is 3. The average Bonchev–Trinajstić information content (AvgIpc) is 2.37. The molecule has 1 aliphatic heterocycles. The molecule has 0 bridgehead atoms. The Bertz CT molecular complexity index is 632. The van der Waals surface area contributed by atoms with E-state index in [1.165, 1.54) is 9.21 Å². The highest BCUT2D eigenvalue weighted by Gasteiger charge is 2.33. The first-order valence-electron chi connectivity index (χ1n) is 6.64. The number of benzene rings is 1. The molecule has 0 radical (unpaired) electrons. The molecule has 8 heteroatoms. The lowest BCUT2D eigenvalue weighted by molar-refractivity contribution is 0.0994. The van der Waals surface area contributed by atoms with E-state index in [9.17, 15) is 13.2 Å². The minimum absolute atomic E-state index is 0.146. The zero-order valence-corrected chi connectivity index (χ0v) is 12.8. The molecular formula is C13H19N3O4S. The van der Waals surface area contributed by atoms with Crippen molar-refractivity contribution in [3.05, 3.63) is 29.8 Å². The van der Waals surface area contributed by atoms with Gasteiger partial charge in [-0.2, -0.15) is 12.7 Å². The normalized spacial score (nSPS) is 20.3. The summed E-state index contributed by atoms with van der Waals surface area (Å²) in [5, 5.41) is 9.01. The number of aryl methyl sites for hydroxylation is 1. The number of nitrogens with one attached hydrogen (secondary N) is 1. The molecule has 7 nitrogen and oxygen atoms in total. The molecule has 0 saturated carbocycles. The third-order valence-corrected chi connectivity index (χ3v) is 4.95. The van der Waals surface area contributed by atoms with E-state index in [-0.39, 0.29) is 25.7 Å². The van der Waals surface area contributed by atoms with E-state index in [4.69, 9.17) is 5.11 Å². The Morgan fingerprint density at radius 3 is 2.67 bits per heavy atom. The van der Waals surface area contributed by atoms with Gasteiger partial charge < -0.3 is 10.0 Å². The second-order valence-corrected chi connectivity index (χ2v) is 6.83. The Morgan fingerprint density at radius 2 is 2.10 bits per heavy atom. The number of carbonyl (C=O) groups is 1. The van der Waals surface area contributed by atoms with Gasteiger partial charge in [0.15, 0.2) is 0 Å². The van der Waals surface area contributed by atoms with Crippen LogP contribution in [0.2, 0.25) is 0 Å². The first kappa shape index (κ1) is 15.6. The van der Waals surface area contributed by atoms with Crippen molar-refractivity contribution in [2.75, 3.05) is 24.4 Å². The van der Waals surface area contributed by atoms with Gasteiger partial charge >= 0.3 is 16.3 Å². The third-order valence-electron chi connectivity index (χ3n) is 3.44. The van der Waals surface area contributed by atoms with Crippen LogP contribution in [-0.4, -0.2) is 54.5 Å². The van der Waals surface area contributed by atoms with Gasteiger partial charge in [-0.05, 0) is 31.5 Å². The van der Waals surface area contributed by atoms with Crippen LogP contribution in [0, 0.1) is 6.92 Å². The van der Waals surface area contributed by atoms with Crippen LogP contribution in [0.25, 0.3) is 0 Å². The highest BCUT2D eigenvalue weighted by molar-refractivity contribution is 7.90. The Balaban J connectivity index is 2.09. The van der Waals surface area contributed by atoms with Crippen LogP contribution in [0.3, 0.4) is 0 Å². The summed E-state index contributed by atoms with van der Waals surface area (Å²) < 4.78 is 28.5. The van der Waals surface area contributed by atoms with E-state index in [2.05, 4.69) is 4.72 Å². The number of nitrogens with zero attached hydrogens (tertiary/aromatic N) is 2. The van der Waals surface area contributed by atoms with Crippen LogP contribution >= 0.6 is 0 Å². The summed E-state index contributed by atoms with van der Waals surface area (Å²) in [4.78, 5) is 12.2. The van der Waals surface area contributed by atoms with Gasteiger partial charge in [0.05, 0.1) is 5.69 Å². The monoisotopic (exact) mass is 313 g/mol. The number of anilines is 1. The van der Waals surface area contributed by atoms with Crippen LogP contribution < -0.4 is 4.72 Å². The van der Waals surface area contributed by atoms with Crippen molar-refractivity contribution in [3.8, 4) is 0 Å². The number of hydrogen-bond donors (Lipinski definition) is 2. The molecule has 1 aromatic carbocycles. The van der Waals surface area contributed by atoms with E-state index < -0.39 is 16.3 Å². The molecule has 1 heterocycles. The topological polar surface area (TPSA) is 90.0 Å². The number of carboxylic acid groups (broad SMARTS) is 1. The van der Waals surface area contributed by atoms with Gasteiger partial charge in [0.2, 0.25) is 0 Å². The van der Waals surface area contributed by atoms with Crippen molar-refractivity contribution in [2.24, 2.45) is 0 Å². The molecule has 1 fully saturated rings. The summed E-state index contributed by atoms with van der Waals surface area (Å²) in [5.74, 6) is 0. The molecule has 1 atom stereocenters. The molecule has 1 aromatic rings. The van der Waals surface area contributed by atoms with Crippen molar-refractivity contribution in [1.29, 1.82) is 0 Å². The van der Waals surface area contributed by atoms with Crippen LogP contribution in [0.4, 0.5) is 10.5 Å². The molecule has 2 rings (SSSR count). The van der Waals surface area contributed by atoms with Gasteiger partial charge in [0.1, 0.15) is 0 Å². The molecule has 0 unspecified atom stereocenters. The van der Waals surface area contributed by atoms with Crippen LogP contribution in [0.1, 0.15) is 12.5 Å². The van der Waals surface area contributed by atoms with Gasteiger partial charge in [-0.15, -0.1) is 0 Å². The molecule has 21 heavy (non-hydrogen) atoms. The van der Waals surface area contributed by atoms with E-state index in [1.807, 2.05) is 13.0 Å². The van der Waals surface area contributed by atoms with Crippen LogP contribution in [-0.2, 0) is 10.2 Å². The first-order chi connectivity index (χ1) is 9.79. The molecule has 1 aliphatic rings. The van der Waals surface area contributed by atoms with Crippen molar-refractivity contribution in [2.45, 2.75) is 19.9 Å². The number of hydrogen-bond acceptors (Lipinski definition) is 3. The van der Waals surface area contributed by atoms with E-state index in [0.717, 1.165) is 5.56 Å². The van der Waals surface area contributed by atoms with Gasteiger partial charge in [0, 0.05) is 25.7 Å². The zero-order valence-electron chi connectivity index (χ0n) is 12.0. The molecule has 1 amide bonds. The average molecular weight is 313 g/mol. The quantitative estimate of drug-likeness (QED) is 0.881. The van der Waals surface area contributed by atoms with E-state index >= 15 is 0 Å². The molecule has 0 aromatic heterocycles. The first-order valence-corrected chi connectivity index (χ1v) is 8.08.